The van der Waals surface area contributed by atoms with Gasteiger partial charge in [0.1, 0.15) is 17.8 Å². The molecule has 20 nitrogen and oxygen atoms in total. The molecule has 0 fully saturated rings. The first-order valence-electron chi connectivity index (χ1n) is 29.7. The summed E-state index contributed by atoms with van der Waals surface area (Å²) in [7, 11) is 4.71. The Balaban J connectivity index is 0.797. The minimum absolute atomic E-state index is 0.132. The van der Waals surface area contributed by atoms with Crippen LogP contribution in [0.3, 0.4) is 0 Å². The molecule has 4 aromatic carbocycles. The molecule has 5 unspecified atom stereocenters. The third-order valence-corrected chi connectivity index (χ3v) is 17.9. The maximum atomic E-state index is 14.4. The van der Waals surface area contributed by atoms with E-state index in [9.17, 15) is 33.6 Å². The second kappa shape index (κ2) is 25.0. The Kier molecular flexibility index (Phi) is 18.0. The average molecular weight is 1200 g/mol. The van der Waals surface area contributed by atoms with E-state index in [0.717, 1.165) is 39.3 Å². The highest BCUT2D eigenvalue weighted by molar-refractivity contribution is 6.13. The first kappa shape index (κ1) is 63.4. The van der Waals surface area contributed by atoms with E-state index < -0.39 is 63.4 Å². The fourth-order valence-corrected chi connectivity index (χ4v) is 11.9. The van der Waals surface area contributed by atoms with Crippen LogP contribution in [0.25, 0.3) is 11.1 Å². The topological polar surface area (TPSA) is 236 Å². The maximum Gasteiger partial charge on any atom is 0.260 e. The number of methoxy groups -OCH3 is 3. The lowest BCUT2D eigenvalue weighted by Gasteiger charge is -2.43. The molecule has 464 valence electrons. The number of benzene rings is 4. The van der Waals surface area contributed by atoms with Crippen LogP contribution in [0.1, 0.15) is 134 Å². The number of hydrogen-bond donors (Lipinski definition) is 3. The molecule has 88 heavy (non-hydrogen) atoms. The van der Waals surface area contributed by atoms with Gasteiger partial charge in [-0.2, -0.15) is 0 Å². The Morgan fingerprint density at radius 3 is 1.58 bits per heavy atom. The summed E-state index contributed by atoms with van der Waals surface area (Å²) in [6, 6.07) is 19.3. The maximum absolute atomic E-state index is 14.4. The standard InChI is InChI=1S/C68H80N8O12/c1-15-68(11,66(7,8)37-87-55-30-51-49(28-53(55)85-13)62(81)75-35-44(27-47(75)33-69-51)42-18-22-48(84-12)23-19-42)38-88-56-31-52-50(29-54(56)86-14)63(82)74-34-43(26-46(74)32-70-52)41-16-20-45(21-17-41)72-60(79)40(4)71-61(80)59(39(2)3)73-64(83)65(5,6)36-67(9,10)76-57(77)24-25-58(76)78/h16-25,28-35,39-40,46-47,59H,15,26-27,36-38H2,1-14H3,(H,71,80)(H,72,79)(H,73,83). The molecule has 0 saturated carbocycles. The predicted molar refractivity (Wildman–Crippen MR) is 336 cm³/mol. The van der Waals surface area contributed by atoms with Gasteiger partial charge in [-0.3, -0.25) is 48.4 Å². The number of nitrogens with one attached hydrogen (secondary N) is 3. The molecular formula is C68H80N8O12. The number of aliphatic imine (C=N–C) groups is 2. The van der Waals surface area contributed by atoms with Gasteiger partial charge in [0, 0.05) is 89.4 Å². The zero-order chi connectivity index (χ0) is 63.8. The monoisotopic (exact) mass is 1200 g/mol. The van der Waals surface area contributed by atoms with Gasteiger partial charge in [-0.25, -0.2) is 0 Å². The molecule has 0 radical (unpaired) electrons. The minimum Gasteiger partial charge on any atom is -0.497 e. The highest BCUT2D eigenvalue weighted by Crippen LogP contribution is 2.47. The third-order valence-electron chi connectivity index (χ3n) is 17.9. The van der Waals surface area contributed by atoms with E-state index in [-0.39, 0.29) is 49.5 Å². The third kappa shape index (κ3) is 12.8. The van der Waals surface area contributed by atoms with Crippen molar-refractivity contribution in [1.29, 1.82) is 0 Å². The van der Waals surface area contributed by atoms with E-state index in [0.29, 0.717) is 64.0 Å². The average Bonchev–Trinajstić information content (AvgIpc) is 2.46. The molecule has 5 atom stereocenters. The molecule has 5 aliphatic heterocycles. The van der Waals surface area contributed by atoms with Gasteiger partial charge >= 0.3 is 0 Å². The minimum atomic E-state index is -1.09. The fraction of sp³-hybridized carbons (Fsp3) is 0.426. The van der Waals surface area contributed by atoms with Crippen molar-refractivity contribution in [1.82, 2.24) is 25.3 Å². The summed E-state index contributed by atoms with van der Waals surface area (Å²) < 4.78 is 30.2. The van der Waals surface area contributed by atoms with Gasteiger partial charge in [-0.1, -0.05) is 79.7 Å². The number of rotatable bonds is 23. The van der Waals surface area contributed by atoms with Gasteiger partial charge < -0.3 is 49.4 Å². The van der Waals surface area contributed by atoms with E-state index in [1.807, 2.05) is 55.0 Å². The largest absolute Gasteiger partial charge is 0.497 e. The van der Waals surface area contributed by atoms with Gasteiger partial charge in [0.05, 0.1) is 69.1 Å². The molecule has 0 aliphatic carbocycles. The smallest absolute Gasteiger partial charge is 0.260 e. The lowest BCUT2D eigenvalue weighted by molar-refractivity contribution is -0.146. The van der Waals surface area contributed by atoms with Crippen LogP contribution in [0.4, 0.5) is 17.1 Å². The summed E-state index contributed by atoms with van der Waals surface area (Å²) >= 11 is 0. The van der Waals surface area contributed by atoms with Crippen molar-refractivity contribution in [3.8, 4) is 28.7 Å². The van der Waals surface area contributed by atoms with Crippen molar-refractivity contribution >= 4 is 82.0 Å². The van der Waals surface area contributed by atoms with Crippen molar-refractivity contribution in [2.75, 3.05) is 39.9 Å². The molecule has 9 rings (SSSR count). The Labute approximate surface area is 514 Å². The van der Waals surface area contributed by atoms with Gasteiger partial charge in [0.15, 0.2) is 23.0 Å². The molecule has 0 bridgehead atoms. The molecule has 4 aromatic rings. The number of ether oxygens (including phenoxy) is 5. The molecule has 0 spiro atoms. The predicted octanol–water partition coefficient (Wildman–Crippen LogP) is 10.3. The summed E-state index contributed by atoms with van der Waals surface area (Å²) in [5.41, 5.74) is 2.91. The van der Waals surface area contributed by atoms with Crippen LogP contribution in [-0.2, 0) is 24.0 Å². The Morgan fingerprint density at radius 1 is 0.625 bits per heavy atom. The summed E-state index contributed by atoms with van der Waals surface area (Å²) in [5, 5.41) is 8.43. The van der Waals surface area contributed by atoms with Crippen molar-refractivity contribution in [3.63, 3.8) is 0 Å². The van der Waals surface area contributed by atoms with E-state index >= 15 is 0 Å². The molecule has 7 amide bonds. The summed E-state index contributed by atoms with van der Waals surface area (Å²) in [4.78, 5) is 108. The number of carbonyl (C=O) groups is 7. The van der Waals surface area contributed by atoms with E-state index in [4.69, 9.17) is 33.7 Å². The van der Waals surface area contributed by atoms with Crippen molar-refractivity contribution in [2.24, 2.45) is 32.1 Å². The molecule has 0 aromatic heterocycles. The number of hydrogen-bond acceptors (Lipinski definition) is 14. The highest BCUT2D eigenvalue weighted by Gasteiger charge is 2.46. The van der Waals surface area contributed by atoms with Gasteiger partial charge in [-0.15, -0.1) is 0 Å². The zero-order valence-electron chi connectivity index (χ0n) is 52.7. The molecule has 20 heteroatoms. The van der Waals surface area contributed by atoms with Crippen molar-refractivity contribution < 1.29 is 57.2 Å². The van der Waals surface area contributed by atoms with Gasteiger partial charge in [0.2, 0.25) is 17.7 Å². The molecule has 5 aliphatic rings. The second-order valence-corrected chi connectivity index (χ2v) is 25.7. The SMILES string of the molecule is CCC(C)(COc1cc2c(cc1OC)C(=O)N1C=C(c3ccc(NC(=O)C(C)NC(=O)C(NC(=O)C(C)(C)CC(C)(C)N4C(=O)C=CC4=O)C(C)C)cc3)CC1C=N2)C(C)(C)COc1cc2c(cc1OC)C(=O)N1C=C(c3ccc(OC)cc3)CC1C=N2. The number of imide groups is 1. The van der Waals surface area contributed by atoms with Crippen LogP contribution in [0.15, 0.2) is 107 Å². The number of anilines is 1. The zero-order valence-corrected chi connectivity index (χ0v) is 52.7. The van der Waals surface area contributed by atoms with Crippen molar-refractivity contribution in [3.05, 3.63) is 120 Å². The lowest BCUT2D eigenvalue weighted by Crippen LogP contribution is -2.57. The Morgan fingerprint density at radius 2 is 1.11 bits per heavy atom. The van der Waals surface area contributed by atoms with Crippen molar-refractivity contribution in [2.45, 2.75) is 132 Å². The number of carbonyl (C=O) groups excluding carboxylic acids is 7. The highest BCUT2D eigenvalue weighted by atomic mass is 16.5. The lowest BCUT2D eigenvalue weighted by atomic mass is 9.66. The molecular weight excluding hydrogens is 1120 g/mol. The van der Waals surface area contributed by atoms with Crippen LogP contribution in [0, 0.1) is 22.2 Å². The van der Waals surface area contributed by atoms with Crippen LogP contribution >= 0.6 is 0 Å². The van der Waals surface area contributed by atoms with Crippen LogP contribution < -0.4 is 39.6 Å². The van der Waals surface area contributed by atoms with E-state index in [1.165, 1.54) is 19.3 Å². The first-order chi connectivity index (χ1) is 41.6. The van der Waals surface area contributed by atoms with Crippen LogP contribution in [0.2, 0.25) is 0 Å². The normalized spacial score (nSPS) is 18.5. The number of fused-ring (bicyclic) bond motifs is 4. The first-order valence-corrected chi connectivity index (χ1v) is 29.7. The van der Waals surface area contributed by atoms with Crippen LogP contribution in [-0.4, -0.2) is 133 Å². The van der Waals surface area contributed by atoms with Gasteiger partial charge in [-0.05, 0) is 98.2 Å². The molecule has 5 heterocycles. The number of amides is 7. The van der Waals surface area contributed by atoms with Gasteiger partial charge in [0.25, 0.3) is 23.6 Å². The Bertz CT molecular complexity index is 3580. The fourth-order valence-electron chi connectivity index (χ4n) is 11.9. The molecule has 3 N–H and O–H groups in total. The Hall–Kier alpha value is -9.07. The van der Waals surface area contributed by atoms with E-state index in [1.54, 1.807) is 115 Å². The summed E-state index contributed by atoms with van der Waals surface area (Å²) in [6.45, 7) is 20.9. The second-order valence-electron chi connectivity index (χ2n) is 25.7. The summed E-state index contributed by atoms with van der Waals surface area (Å²) in [6.07, 6.45) is 11.7. The quantitative estimate of drug-likeness (QED) is 0.0588. The number of nitrogens with zero attached hydrogens (tertiary/aromatic N) is 5. The summed E-state index contributed by atoms with van der Waals surface area (Å²) in [5.74, 6) is -0.718. The van der Waals surface area contributed by atoms with Crippen LogP contribution in [0.5, 0.6) is 28.7 Å². The van der Waals surface area contributed by atoms with E-state index in [2.05, 4.69) is 43.6 Å². The molecule has 0 saturated heterocycles.